The molecule has 0 rings (SSSR count). The van der Waals surface area contributed by atoms with E-state index in [1.54, 1.807) is 0 Å². The number of aliphatic carboxylic acids is 1. The molecule has 0 unspecified atom stereocenters. The lowest BCUT2D eigenvalue weighted by molar-refractivity contribution is -0.136. The quantitative estimate of drug-likeness (QED) is 0.654. The van der Waals surface area contributed by atoms with Crippen molar-refractivity contribution in [1.82, 2.24) is 5.32 Å². The van der Waals surface area contributed by atoms with E-state index >= 15 is 0 Å². The van der Waals surface area contributed by atoms with Crippen LogP contribution in [0.15, 0.2) is 0 Å². The third-order valence-electron chi connectivity index (χ3n) is 2.06. The van der Waals surface area contributed by atoms with Crippen molar-refractivity contribution < 1.29 is 14.7 Å². The Balaban J connectivity index is 3.62. The van der Waals surface area contributed by atoms with Gasteiger partial charge in [0.2, 0.25) is 5.91 Å². The molecule has 0 aliphatic heterocycles. The second kappa shape index (κ2) is 6.71. The van der Waals surface area contributed by atoms with Crippen LogP contribution in [-0.4, -0.2) is 34.0 Å². The number of carboxylic acid groups (broad SMARTS) is 1. The fourth-order valence-corrected chi connectivity index (χ4v) is 1.55. The maximum atomic E-state index is 11.4. The first-order valence-electron chi connectivity index (χ1n) is 4.98. The Labute approximate surface area is 94.8 Å². The first-order chi connectivity index (χ1) is 6.87. The number of nitrogens with one attached hydrogen (secondary N) is 1. The summed E-state index contributed by atoms with van der Waals surface area (Å²) in [7, 11) is 0. The summed E-state index contributed by atoms with van der Waals surface area (Å²) < 4.78 is 0. The number of thioether (sulfide) groups is 1. The number of hydrogen-bond acceptors (Lipinski definition) is 3. The summed E-state index contributed by atoms with van der Waals surface area (Å²) in [5, 5.41) is 11.3. The van der Waals surface area contributed by atoms with E-state index in [-0.39, 0.29) is 17.9 Å². The first-order valence-corrected chi connectivity index (χ1v) is 6.13. The van der Waals surface area contributed by atoms with Crippen LogP contribution in [0.5, 0.6) is 0 Å². The molecule has 5 heteroatoms. The smallest absolute Gasteiger partial charge is 0.304 e. The zero-order valence-corrected chi connectivity index (χ0v) is 10.3. The van der Waals surface area contributed by atoms with Crippen molar-refractivity contribution in [3.63, 3.8) is 0 Å². The van der Waals surface area contributed by atoms with Gasteiger partial charge in [-0.05, 0) is 20.3 Å². The van der Waals surface area contributed by atoms with Crippen LogP contribution in [0.2, 0.25) is 0 Å². The van der Waals surface area contributed by atoms with Gasteiger partial charge in [0.1, 0.15) is 0 Å². The summed E-state index contributed by atoms with van der Waals surface area (Å²) in [6.07, 6.45) is 0.980. The molecule has 0 aliphatic rings. The van der Waals surface area contributed by atoms with Crippen LogP contribution in [-0.2, 0) is 9.59 Å². The van der Waals surface area contributed by atoms with E-state index in [0.717, 1.165) is 6.42 Å². The number of hydrogen-bond donors (Lipinski definition) is 2. The van der Waals surface area contributed by atoms with Crippen molar-refractivity contribution in [2.24, 2.45) is 0 Å². The van der Waals surface area contributed by atoms with Gasteiger partial charge < -0.3 is 10.4 Å². The maximum absolute atomic E-state index is 11.4. The lowest BCUT2D eigenvalue weighted by Gasteiger charge is -2.24. The number of carbonyl (C=O) groups excluding carboxylic acids is 1. The van der Waals surface area contributed by atoms with Gasteiger partial charge in [-0.2, -0.15) is 11.8 Å². The molecule has 0 bridgehead atoms. The van der Waals surface area contributed by atoms with Crippen LogP contribution in [0.25, 0.3) is 0 Å². The van der Waals surface area contributed by atoms with Crippen molar-refractivity contribution in [3.8, 4) is 0 Å². The van der Waals surface area contributed by atoms with E-state index in [2.05, 4.69) is 5.32 Å². The molecule has 0 heterocycles. The van der Waals surface area contributed by atoms with Crippen molar-refractivity contribution in [2.45, 2.75) is 39.2 Å². The van der Waals surface area contributed by atoms with E-state index in [1.165, 1.54) is 11.8 Å². The largest absolute Gasteiger partial charge is 0.481 e. The SMILES string of the molecule is CCC(C)(C)NC(=O)CSCCC(=O)O. The molecule has 0 saturated carbocycles. The molecular weight excluding hydrogens is 214 g/mol. The van der Waals surface area contributed by atoms with E-state index in [0.29, 0.717) is 11.5 Å². The van der Waals surface area contributed by atoms with E-state index in [1.807, 2.05) is 20.8 Å². The van der Waals surface area contributed by atoms with Crippen LogP contribution in [0.3, 0.4) is 0 Å². The van der Waals surface area contributed by atoms with Gasteiger partial charge in [0.05, 0.1) is 12.2 Å². The van der Waals surface area contributed by atoms with Crippen LogP contribution in [0, 0.1) is 0 Å². The van der Waals surface area contributed by atoms with Crippen LogP contribution in [0.4, 0.5) is 0 Å². The Hall–Kier alpha value is -0.710. The molecule has 88 valence electrons. The average molecular weight is 233 g/mol. The highest BCUT2D eigenvalue weighted by atomic mass is 32.2. The Kier molecular flexibility index (Phi) is 6.40. The number of amides is 1. The minimum Gasteiger partial charge on any atom is -0.481 e. The number of rotatable bonds is 7. The zero-order valence-electron chi connectivity index (χ0n) is 9.50. The van der Waals surface area contributed by atoms with Gasteiger partial charge in [0.25, 0.3) is 0 Å². The van der Waals surface area contributed by atoms with E-state index in [4.69, 9.17) is 5.11 Å². The molecule has 0 saturated heterocycles. The van der Waals surface area contributed by atoms with Crippen LogP contribution >= 0.6 is 11.8 Å². The van der Waals surface area contributed by atoms with Gasteiger partial charge in [0, 0.05) is 11.3 Å². The molecule has 4 nitrogen and oxygen atoms in total. The summed E-state index contributed by atoms with van der Waals surface area (Å²) in [6, 6.07) is 0. The molecule has 0 aromatic carbocycles. The summed E-state index contributed by atoms with van der Waals surface area (Å²) in [5.74, 6) is -0.0412. The molecule has 0 aromatic rings. The van der Waals surface area contributed by atoms with Gasteiger partial charge in [0.15, 0.2) is 0 Å². The molecule has 0 aromatic heterocycles. The Morgan fingerprint density at radius 1 is 1.40 bits per heavy atom. The normalized spacial score (nSPS) is 11.1. The van der Waals surface area contributed by atoms with Gasteiger partial charge in [-0.25, -0.2) is 0 Å². The standard InChI is InChI=1S/C10H19NO3S/c1-4-10(2,3)11-8(12)7-15-6-5-9(13)14/h4-7H2,1-3H3,(H,11,12)(H,13,14). The molecule has 0 fully saturated rings. The van der Waals surface area contributed by atoms with Crippen LogP contribution in [0.1, 0.15) is 33.6 Å². The molecule has 0 atom stereocenters. The first kappa shape index (κ1) is 14.3. The van der Waals surface area contributed by atoms with E-state index < -0.39 is 5.97 Å². The topological polar surface area (TPSA) is 66.4 Å². The van der Waals surface area contributed by atoms with Gasteiger partial charge in [-0.3, -0.25) is 9.59 Å². The highest BCUT2D eigenvalue weighted by molar-refractivity contribution is 7.99. The van der Waals surface area contributed by atoms with Gasteiger partial charge in [-0.1, -0.05) is 6.92 Å². The monoisotopic (exact) mass is 233 g/mol. The number of carboxylic acids is 1. The van der Waals surface area contributed by atoms with E-state index in [9.17, 15) is 9.59 Å². The molecule has 0 aliphatic carbocycles. The van der Waals surface area contributed by atoms with Gasteiger partial charge >= 0.3 is 5.97 Å². The molecule has 1 amide bonds. The summed E-state index contributed by atoms with van der Waals surface area (Å²) in [6.45, 7) is 5.94. The number of carbonyl (C=O) groups is 2. The highest BCUT2D eigenvalue weighted by Gasteiger charge is 2.17. The maximum Gasteiger partial charge on any atom is 0.304 e. The van der Waals surface area contributed by atoms with Crippen molar-refractivity contribution in [3.05, 3.63) is 0 Å². The lowest BCUT2D eigenvalue weighted by atomic mass is 10.0. The van der Waals surface area contributed by atoms with Gasteiger partial charge in [-0.15, -0.1) is 0 Å². The summed E-state index contributed by atoms with van der Waals surface area (Å²) in [5.41, 5.74) is -0.176. The Bertz CT molecular complexity index is 229. The minimum absolute atomic E-state index is 0.0303. The highest BCUT2D eigenvalue weighted by Crippen LogP contribution is 2.08. The predicted molar refractivity (Wildman–Crippen MR) is 62.1 cm³/mol. The second-order valence-corrected chi connectivity index (χ2v) is 5.09. The van der Waals surface area contributed by atoms with Crippen molar-refractivity contribution in [2.75, 3.05) is 11.5 Å². The minimum atomic E-state index is -0.822. The molecule has 0 spiro atoms. The average Bonchev–Trinajstić information content (AvgIpc) is 2.11. The molecule has 2 N–H and O–H groups in total. The molecule has 15 heavy (non-hydrogen) atoms. The molecular formula is C10H19NO3S. The Morgan fingerprint density at radius 3 is 2.47 bits per heavy atom. The fraction of sp³-hybridized carbons (Fsp3) is 0.800. The van der Waals surface area contributed by atoms with Crippen LogP contribution < -0.4 is 5.32 Å². The second-order valence-electron chi connectivity index (χ2n) is 3.98. The molecule has 0 radical (unpaired) electrons. The Morgan fingerprint density at radius 2 is 2.00 bits per heavy atom. The van der Waals surface area contributed by atoms with Crippen molar-refractivity contribution >= 4 is 23.6 Å². The third kappa shape index (κ3) is 8.30. The summed E-state index contributed by atoms with van der Waals surface area (Å²) >= 11 is 1.35. The zero-order chi connectivity index (χ0) is 11.9. The van der Waals surface area contributed by atoms with Crippen molar-refractivity contribution in [1.29, 1.82) is 0 Å². The fourth-order valence-electron chi connectivity index (χ4n) is 0.826. The summed E-state index contributed by atoms with van der Waals surface area (Å²) in [4.78, 5) is 21.6. The third-order valence-corrected chi connectivity index (χ3v) is 3.01. The predicted octanol–water partition coefficient (Wildman–Crippen LogP) is 1.50. The lowest BCUT2D eigenvalue weighted by Crippen LogP contribution is -2.43.